The summed E-state index contributed by atoms with van der Waals surface area (Å²) in [6, 6.07) is 4.08. The lowest BCUT2D eigenvalue weighted by Crippen LogP contribution is -2.37. The fraction of sp³-hybridized carbons (Fsp3) is 0.500. The van der Waals surface area contributed by atoms with Gasteiger partial charge >= 0.3 is 0 Å². The average Bonchev–Trinajstić information content (AvgIpc) is 2.18. The van der Waals surface area contributed by atoms with Crippen LogP contribution in [0, 0.1) is 11.2 Å². The van der Waals surface area contributed by atoms with Crippen LogP contribution >= 0.6 is 15.9 Å². The molecule has 0 bridgehead atoms. The van der Waals surface area contributed by atoms with E-state index in [0.29, 0.717) is 10.0 Å². The van der Waals surface area contributed by atoms with E-state index in [2.05, 4.69) is 15.9 Å². The first-order chi connectivity index (χ1) is 7.23. The van der Waals surface area contributed by atoms with Gasteiger partial charge in [0, 0.05) is 0 Å². The Morgan fingerprint density at radius 2 is 1.94 bits per heavy atom. The van der Waals surface area contributed by atoms with E-state index in [1.165, 1.54) is 6.07 Å². The molecule has 0 unspecified atom stereocenters. The van der Waals surface area contributed by atoms with Crippen LogP contribution < -0.4 is 5.73 Å². The van der Waals surface area contributed by atoms with E-state index in [1.54, 1.807) is 12.1 Å². The smallest absolute Gasteiger partial charge is 0.137 e. The molecule has 1 aromatic carbocycles. The number of rotatable bonds is 2. The highest BCUT2D eigenvalue weighted by Gasteiger charge is 2.29. The third-order valence-electron chi connectivity index (χ3n) is 2.56. The second kappa shape index (κ2) is 4.82. The zero-order chi connectivity index (χ0) is 12.5. The first kappa shape index (κ1) is 13.6. The van der Waals surface area contributed by atoms with E-state index >= 15 is 0 Å². The van der Waals surface area contributed by atoms with Crippen molar-refractivity contribution in [2.75, 3.05) is 0 Å². The Kier molecular flexibility index (Phi) is 4.10. The maximum atomic E-state index is 13.3. The van der Waals surface area contributed by atoms with Gasteiger partial charge in [0.25, 0.3) is 0 Å². The van der Waals surface area contributed by atoms with Crippen LogP contribution in [-0.4, -0.2) is 11.2 Å². The second-order valence-electron chi connectivity index (χ2n) is 5.01. The fourth-order valence-electron chi connectivity index (χ4n) is 1.44. The van der Waals surface area contributed by atoms with Gasteiger partial charge in [-0.1, -0.05) is 26.8 Å². The number of aliphatic hydroxyl groups excluding tert-OH is 1. The van der Waals surface area contributed by atoms with Crippen LogP contribution in [0.5, 0.6) is 0 Å². The largest absolute Gasteiger partial charge is 0.391 e. The number of halogens is 2. The third-order valence-corrected chi connectivity index (χ3v) is 3.20. The zero-order valence-electron chi connectivity index (χ0n) is 9.67. The maximum Gasteiger partial charge on any atom is 0.137 e. The number of hydrogen-bond donors (Lipinski definition) is 2. The van der Waals surface area contributed by atoms with Crippen molar-refractivity contribution in [3.05, 3.63) is 34.1 Å². The molecule has 4 heteroatoms. The number of nitrogens with two attached hydrogens (primary N) is 1. The van der Waals surface area contributed by atoms with Crippen molar-refractivity contribution in [3.8, 4) is 0 Å². The Hall–Kier alpha value is -0.450. The highest BCUT2D eigenvalue weighted by atomic mass is 79.9. The monoisotopic (exact) mass is 289 g/mol. The molecule has 1 aromatic rings. The van der Waals surface area contributed by atoms with Crippen LogP contribution in [-0.2, 0) is 0 Å². The molecule has 0 aliphatic heterocycles. The van der Waals surface area contributed by atoms with Gasteiger partial charge in [-0.25, -0.2) is 4.39 Å². The van der Waals surface area contributed by atoms with Crippen LogP contribution in [0.4, 0.5) is 4.39 Å². The predicted octanol–water partition coefficient (Wildman–Crippen LogP) is 3.00. The van der Waals surface area contributed by atoms with Crippen LogP contribution in [0.3, 0.4) is 0 Å². The average molecular weight is 290 g/mol. The Morgan fingerprint density at radius 1 is 1.38 bits per heavy atom. The summed E-state index contributed by atoms with van der Waals surface area (Å²) in [6.45, 7) is 5.69. The molecular formula is C12H17BrFNO. The minimum Gasteiger partial charge on any atom is -0.391 e. The van der Waals surface area contributed by atoms with Gasteiger partial charge in [0.15, 0.2) is 0 Å². The van der Waals surface area contributed by atoms with E-state index in [0.717, 1.165) is 0 Å². The van der Waals surface area contributed by atoms with E-state index in [4.69, 9.17) is 5.73 Å². The summed E-state index contributed by atoms with van der Waals surface area (Å²) >= 11 is 3.08. The first-order valence-electron chi connectivity index (χ1n) is 5.12. The van der Waals surface area contributed by atoms with E-state index in [-0.39, 0.29) is 11.2 Å². The summed E-state index contributed by atoms with van der Waals surface area (Å²) in [5.74, 6) is -0.367. The fourth-order valence-corrected chi connectivity index (χ4v) is 1.69. The van der Waals surface area contributed by atoms with Crippen molar-refractivity contribution in [2.45, 2.75) is 32.9 Å². The van der Waals surface area contributed by atoms with Gasteiger partial charge < -0.3 is 10.8 Å². The first-order valence-corrected chi connectivity index (χ1v) is 5.91. The topological polar surface area (TPSA) is 46.2 Å². The summed E-state index contributed by atoms with van der Waals surface area (Å²) in [7, 11) is 0. The minimum atomic E-state index is -0.715. The molecule has 16 heavy (non-hydrogen) atoms. The molecule has 0 aliphatic rings. The van der Waals surface area contributed by atoms with Crippen molar-refractivity contribution >= 4 is 15.9 Å². The Morgan fingerprint density at radius 3 is 2.38 bits per heavy atom. The lowest BCUT2D eigenvalue weighted by molar-refractivity contribution is 0.0400. The summed E-state index contributed by atoms with van der Waals surface area (Å²) < 4.78 is 13.7. The van der Waals surface area contributed by atoms with Crippen molar-refractivity contribution in [1.82, 2.24) is 0 Å². The van der Waals surface area contributed by atoms with Crippen LogP contribution in [0.2, 0.25) is 0 Å². The molecule has 2 atom stereocenters. The van der Waals surface area contributed by atoms with Crippen LogP contribution in [0.1, 0.15) is 32.4 Å². The number of benzene rings is 1. The number of hydrogen-bond acceptors (Lipinski definition) is 2. The molecule has 0 saturated carbocycles. The van der Waals surface area contributed by atoms with Crippen LogP contribution in [0.15, 0.2) is 22.7 Å². The van der Waals surface area contributed by atoms with Gasteiger partial charge in [0.05, 0.1) is 16.6 Å². The van der Waals surface area contributed by atoms with Crippen molar-refractivity contribution in [1.29, 1.82) is 0 Å². The molecule has 0 amide bonds. The molecule has 0 heterocycles. The molecule has 0 fully saturated rings. The maximum absolute atomic E-state index is 13.3. The Balaban J connectivity index is 2.97. The molecule has 0 aliphatic carbocycles. The molecule has 3 N–H and O–H groups in total. The van der Waals surface area contributed by atoms with Gasteiger partial charge in [-0.3, -0.25) is 0 Å². The minimum absolute atomic E-state index is 0.330. The summed E-state index contributed by atoms with van der Waals surface area (Å²) in [5, 5.41) is 10.0. The third kappa shape index (κ3) is 3.03. The van der Waals surface area contributed by atoms with Crippen molar-refractivity contribution in [2.24, 2.45) is 11.1 Å². The molecule has 0 spiro atoms. The molecular weight excluding hydrogens is 273 g/mol. The lowest BCUT2D eigenvalue weighted by Gasteiger charge is -2.31. The lowest BCUT2D eigenvalue weighted by atomic mass is 9.82. The predicted molar refractivity (Wildman–Crippen MR) is 66.5 cm³/mol. The van der Waals surface area contributed by atoms with Gasteiger partial charge in [-0.05, 0) is 39.0 Å². The summed E-state index contributed by atoms with van der Waals surface area (Å²) in [4.78, 5) is 0. The van der Waals surface area contributed by atoms with Crippen molar-refractivity contribution < 1.29 is 9.50 Å². The Labute approximate surface area is 104 Å². The zero-order valence-corrected chi connectivity index (χ0v) is 11.3. The quantitative estimate of drug-likeness (QED) is 0.879. The molecule has 90 valence electrons. The Bertz CT molecular complexity index is 376. The molecule has 2 nitrogen and oxygen atoms in total. The molecule has 1 rings (SSSR count). The van der Waals surface area contributed by atoms with Crippen molar-refractivity contribution in [3.63, 3.8) is 0 Å². The van der Waals surface area contributed by atoms with Gasteiger partial charge in [-0.2, -0.15) is 0 Å². The molecule has 0 aromatic heterocycles. The van der Waals surface area contributed by atoms with Crippen LogP contribution in [0.25, 0.3) is 0 Å². The van der Waals surface area contributed by atoms with E-state index in [1.807, 2.05) is 20.8 Å². The number of aliphatic hydroxyl groups is 1. The normalized spacial score (nSPS) is 15.9. The highest BCUT2D eigenvalue weighted by Crippen LogP contribution is 2.29. The standard InChI is InChI=1S/C12H17BrFNO/c1-12(2,3)11(16)10(15)7-4-5-8(13)9(14)6-7/h4-6,10-11,16H,15H2,1-3H3/t10-,11-/m1/s1. The highest BCUT2D eigenvalue weighted by molar-refractivity contribution is 9.10. The van der Waals surface area contributed by atoms with Gasteiger partial charge in [0.2, 0.25) is 0 Å². The summed E-state index contributed by atoms with van der Waals surface area (Å²) in [6.07, 6.45) is -0.715. The SMILES string of the molecule is CC(C)(C)[C@H](O)[C@H](N)c1ccc(Br)c(F)c1. The molecule has 0 radical (unpaired) electrons. The van der Waals surface area contributed by atoms with Gasteiger partial charge in [-0.15, -0.1) is 0 Å². The molecule has 0 saturated heterocycles. The van der Waals surface area contributed by atoms with E-state index in [9.17, 15) is 9.50 Å². The second-order valence-corrected chi connectivity index (χ2v) is 5.86. The van der Waals surface area contributed by atoms with Gasteiger partial charge in [0.1, 0.15) is 5.82 Å². The van der Waals surface area contributed by atoms with E-state index < -0.39 is 12.1 Å². The summed E-state index contributed by atoms with van der Waals surface area (Å²) in [5.41, 5.74) is 6.18.